The molecular weight excluding hydrogens is 368 g/mol. The Kier molecular flexibility index (Phi) is 22.4. The maximum absolute atomic E-state index is 8.87. The molecule has 0 aliphatic rings. The fraction of sp³-hybridized carbons (Fsp3) is 0.143. The fourth-order valence-corrected chi connectivity index (χ4v) is 1.07. The molecule has 0 fully saturated rings. The summed E-state index contributed by atoms with van der Waals surface area (Å²) in [6.45, 7) is 3.34. The summed E-state index contributed by atoms with van der Waals surface area (Å²) in [4.78, 5) is 0. The summed E-state index contributed by atoms with van der Waals surface area (Å²) in [7, 11) is 0. The van der Waals surface area contributed by atoms with Gasteiger partial charge in [-0.1, -0.05) is 48.3 Å². The molecule has 0 spiro atoms. The second-order valence-electron chi connectivity index (χ2n) is 4.80. The third-order valence-corrected chi connectivity index (χ3v) is 2.15. The molecule has 0 saturated heterocycles. The van der Waals surface area contributed by atoms with Gasteiger partial charge in [0.1, 0.15) is 0 Å². The van der Waals surface area contributed by atoms with Crippen LogP contribution in [0.5, 0.6) is 0 Å². The number of hydrogen-bond acceptors (Lipinski definition) is 2. The zero-order valence-electron chi connectivity index (χ0n) is 16.8. The van der Waals surface area contributed by atoms with Crippen LogP contribution < -0.4 is 0 Å². The standard InChI is InChI=1S/2C14H10O/c2*1-3-4-5-6-7-8-9-10-11-12-13-14(2)15/h2*1,10-15H,2H3/b11-10+,13-12+;11-10-,13-12+. The average Bonchev–Trinajstić information content (AvgIpc) is 2.71. The van der Waals surface area contributed by atoms with Gasteiger partial charge in [-0.2, -0.15) is 0 Å². The molecule has 0 heterocycles. The molecule has 2 atom stereocenters. The fourth-order valence-electron chi connectivity index (χ4n) is 1.07. The maximum atomic E-state index is 8.87. The van der Waals surface area contributed by atoms with Crippen LogP contribution in [0.4, 0.5) is 0 Å². The van der Waals surface area contributed by atoms with Crippen molar-refractivity contribution in [2.45, 2.75) is 26.1 Å². The summed E-state index contributed by atoms with van der Waals surface area (Å²) in [5.41, 5.74) is 0. The van der Waals surface area contributed by atoms with Crippen LogP contribution in [-0.2, 0) is 0 Å². The lowest BCUT2D eigenvalue weighted by Crippen LogP contribution is -1.90. The average molecular weight is 388 g/mol. The summed E-state index contributed by atoms with van der Waals surface area (Å²) in [6.07, 6.45) is 22.3. The molecule has 30 heavy (non-hydrogen) atoms. The Morgan fingerprint density at radius 2 is 0.867 bits per heavy atom. The van der Waals surface area contributed by atoms with Crippen LogP contribution in [0.1, 0.15) is 13.8 Å². The summed E-state index contributed by atoms with van der Waals surface area (Å²) in [6, 6.07) is 0. The van der Waals surface area contributed by atoms with Gasteiger partial charge in [-0.05, 0) is 97.0 Å². The monoisotopic (exact) mass is 388 g/mol. The number of rotatable bonds is 4. The molecule has 0 aromatic heterocycles. The second-order valence-corrected chi connectivity index (χ2v) is 4.80. The predicted octanol–water partition coefficient (Wildman–Crippen LogP) is 2.25. The van der Waals surface area contributed by atoms with E-state index in [-0.39, 0.29) is 0 Å². The third-order valence-electron chi connectivity index (χ3n) is 2.15. The van der Waals surface area contributed by atoms with E-state index in [9.17, 15) is 0 Å². The second kappa shape index (κ2) is 24.4. The van der Waals surface area contributed by atoms with E-state index in [1.807, 2.05) is 0 Å². The zero-order chi connectivity index (χ0) is 22.7. The number of aliphatic hydroxyl groups excluding tert-OH is 2. The SMILES string of the molecule is C#CC#CC#CC#C/C=C/C=C/C(C)O.C#CC#CC#CC#C/C=C\C=C\C(C)O. The highest BCUT2D eigenvalue weighted by molar-refractivity contribution is 5.41. The van der Waals surface area contributed by atoms with Crippen molar-refractivity contribution in [2.75, 3.05) is 0 Å². The van der Waals surface area contributed by atoms with Gasteiger partial charge in [-0.25, -0.2) is 0 Å². The first kappa shape index (κ1) is 27.6. The Labute approximate surface area is 180 Å². The van der Waals surface area contributed by atoms with Crippen LogP contribution in [0.15, 0.2) is 48.6 Å². The van der Waals surface area contributed by atoms with Crippen LogP contribution in [0.25, 0.3) is 0 Å². The van der Waals surface area contributed by atoms with Gasteiger partial charge in [0.05, 0.1) is 12.2 Å². The zero-order valence-corrected chi connectivity index (χ0v) is 16.8. The van der Waals surface area contributed by atoms with Crippen molar-refractivity contribution in [1.82, 2.24) is 0 Å². The Bertz CT molecular complexity index is 994. The maximum Gasteiger partial charge on any atom is 0.0695 e. The van der Waals surface area contributed by atoms with E-state index in [2.05, 4.69) is 82.9 Å². The van der Waals surface area contributed by atoms with Crippen LogP contribution in [0.2, 0.25) is 0 Å². The van der Waals surface area contributed by atoms with E-state index in [1.54, 1.807) is 62.5 Å². The third kappa shape index (κ3) is 31.2. The number of hydrogen-bond donors (Lipinski definition) is 2. The van der Waals surface area contributed by atoms with E-state index in [0.29, 0.717) is 0 Å². The summed E-state index contributed by atoms with van der Waals surface area (Å²) in [5, 5.41) is 17.7. The first-order chi connectivity index (χ1) is 14.5. The first-order valence-electron chi connectivity index (χ1n) is 8.49. The minimum atomic E-state index is -0.443. The Morgan fingerprint density at radius 1 is 0.533 bits per heavy atom. The van der Waals surface area contributed by atoms with Crippen molar-refractivity contribution >= 4 is 0 Å². The summed E-state index contributed by atoms with van der Waals surface area (Å²) in [5.74, 6) is 34.3. The Balaban J connectivity index is 0. The summed E-state index contributed by atoms with van der Waals surface area (Å²) < 4.78 is 0. The van der Waals surface area contributed by atoms with Gasteiger partial charge in [-0.3, -0.25) is 0 Å². The number of allylic oxidation sites excluding steroid dienone is 6. The molecule has 0 radical (unpaired) electrons. The van der Waals surface area contributed by atoms with Crippen molar-refractivity contribution in [3.63, 3.8) is 0 Å². The van der Waals surface area contributed by atoms with Crippen LogP contribution >= 0.6 is 0 Å². The molecule has 0 saturated carbocycles. The van der Waals surface area contributed by atoms with Gasteiger partial charge >= 0.3 is 0 Å². The van der Waals surface area contributed by atoms with Gasteiger partial charge in [0.15, 0.2) is 0 Å². The molecule has 0 rings (SSSR count). The van der Waals surface area contributed by atoms with Gasteiger partial charge < -0.3 is 10.2 Å². The van der Waals surface area contributed by atoms with Gasteiger partial charge in [0.25, 0.3) is 0 Å². The molecule has 0 aromatic rings. The normalized spacial score (nSPS) is 10.2. The summed E-state index contributed by atoms with van der Waals surface area (Å²) >= 11 is 0. The topological polar surface area (TPSA) is 40.5 Å². The van der Waals surface area contributed by atoms with E-state index >= 15 is 0 Å². The molecule has 0 amide bonds. The van der Waals surface area contributed by atoms with E-state index in [4.69, 9.17) is 23.1 Å². The Hall–Kier alpha value is -4.64. The quantitative estimate of drug-likeness (QED) is 0.573. The van der Waals surface area contributed by atoms with E-state index in [1.165, 1.54) is 0 Å². The minimum Gasteiger partial charge on any atom is -0.389 e. The smallest absolute Gasteiger partial charge is 0.0695 e. The van der Waals surface area contributed by atoms with Crippen molar-refractivity contribution in [3.05, 3.63) is 48.6 Å². The van der Waals surface area contributed by atoms with Gasteiger partial charge in [0.2, 0.25) is 0 Å². The van der Waals surface area contributed by atoms with Crippen LogP contribution in [-0.4, -0.2) is 22.4 Å². The molecule has 0 aromatic carbocycles. The first-order valence-corrected chi connectivity index (χ1v) is 8.49. The molecule has 0 aliphatic heterocycles. The molecule has 2 N–H and O–H groups in total. The lowest BCUT2D eigenvalue weighted by Gasteiger charge is -1.88. The van der Waals surface area contributed by atoms with Gasteiger partial charge in [-0.15, -0.1) is 12.8 Å². The molecule has 2 unspecified atom stereocenters. The van der Waals surface area contributed by atoms with E-state index < -0.39 is 12.2 Å². The number of terminal acetylenes is 2. The predicted molar refractivity (Wildman–Crippen MR) is 124 cm³/mol. The molecule has 144 valence electrons. The molecule has 0 aliphatic carbocycles. The van der Waals surface area contributed by atoms with Crippen LogP contribution in [0, 0.1) is 95.7 Å². The minimum absolute atomic E-state index is 0.443. The molecule has 2 heteroatoms. The van der Waals surface area contributed by atoms with Crippen molar-refractivity contribution in [2.24, 2.45) is 0 Å². The van der Waals surface area contributed by atoms with Crippen molar-refractivity contribution in [1.29, 1.82) is 0 Å². The molecule has 0 bridgehead atoms. The lowest BCUT2D eigenvalue weighted by molar-refractivity contribution is 0.243. The molecule has 2 nitrogen and oxygen atoms in total. The highest BCUT2D eigenvalue weighted by Crippen LogP contribution is 1.83. The van der Waals surface area contributed by atoms with Crippen molar-refractivity contribution in [3.8, 4) is 95.7 Å². The van der Waals surface area contributed by atoms with Crippen LogP contribution in [0.3, 0.4) is 0 Å². The largest absolute Gasteiger partial charge is 0.389 e. The highest BCUT2D eigenvalue weighted by atomic mass is 16.3. The Morgan fingerprint density at radius 3 is 1.20 bits per heavy atom. The lowest BCUT2D eigenvalue weighted by atomic mass is 10.3. The van der Waals surface area contributed by atoms with E-state index in [0.717, 1.165) is 0 Å². The highest BCUT2D eigenvalue weighted by Gasteiger charge is 1.80. The van der Waals surface area contributed by atoms with Crippen molar-refractivity contribution < 1.29 is 10.2 Å². The molecular formula is C28H20O2. The number of aliphatic hydroxyl groups is 2. The van der Waals surface area contributed by atoms with Gasteiger partial charge in [0, 0.05) is 0 Å².